The van der Waals surface area contributed by atoms with Crippen molar-refractivity contribution in [2.24, 2.45) is 11.8 Å². The second-order valence-electron chi connectivity index (χ2n) is 15.9. The van der Waals surface area contributed by atoms with Crippen LogP contribution in [0.25, 0.3) is 33.4 Å². The summed E-state index contributed by atoms with van der Waals surface area (Å²) in [7, 11) is 2.62. The highest BCUT2D eigenvalue weighted by atomic mass is 16.5. The lowest BCUT2D eigenvalue weighted by Crippen LogP contribution is -2.49. The van der Waals surface area contributed by atoms with E-state index >= 15 is 0 Å². The number of H-pyrrole nitrogens is 2. The minimum Gasteiger partial charge on any atom is -0.456 e. The van der Waals surface area contributed by atoms with Crippen molar-refractivity contribution in [3.05, 3.63) is 71.9 Å². The summed E-state index contributed by atoms with van der Waals surface area (Å²) in [4.78, 5) is 71.3. The Kier molecular flexibility index (Phi) is 9.83. The van der Waals surface area contributed by atoms with E-state index in [1.165, 1.54) is 14.2 Å². The summed E-state index contributed by atoms with van der Waals surface area (Å²) >= 11 is 0. The fourth-order valence-electron chi connectivity index (χ4n) is 8.74. The predicted molar refractivity (Wildman–Crippen MR) is 209 cm³/mol. The number of alkyl carbamates (subject to hydrolysis) is 2. The number of nitrogens with zero attached hydrogens (tertiary/aromatic N) is 4. The van der Waals surface area contributed by atoms with Crippen LogP contribution in [0, 0.1) is 11.8 Å². The average molecular weight is 777 g/mol. The first kappa shape index (κ1) is 36.8. The molecule has 0 spiro atoms. The lowest BCUT2D eigenvalue weighted by molar-refractivity contribution is -0.135. The van der Waals surface area contributed by atoms with Gasteiger partial charge in [0.1, 0.15) is 35.1 Å². The predicted octanol–water partition coefficient (Wildman–Crippen LogP) is 6.40. The Morgan fingerprint density at radius 2 is 1.28 bits per heavy atom. The first-order valence-corrected chi connectivity index (χ1v) is 20.1. The quantitative estimate of drug-likeness (QED) is 0.134. The summed E-state index contributed by atoms with van der Waals surface area (Å²) < 4.78 is 15.9. The zero-order chi connectivity index (χ0) is 39.2. The van der Waals surface area contributed by atoms with E-state index in [9.17, 15) is 19.2 Å². The van der Waals surface area contributed by atoms with Crippen molar-refractivity contribution >= 4 is 46.1 Å². The number of allylic oxidation sites excluding steroid dienone is 4. The summed E-state index contributed by atoms with van der Waals surface area (Å²) in [6.45, 7) is 1.25. The number of rotatable bonds is 11. The van der Waals surface area contributed by atoms with E-state index in [0.717, 1.165) is 121 Å². The number of carbonyl (C=O) groups excluding carboxylic acids is 4. The van der Waals surface area contributed by atoms with Crippen LogP contribution in [-0.2, 0) is 19.1 Å². The van der Waals surface area contributed by atoms with Gasteiger partial charge in [-0.15, -0.1) is 0 Å². The molecule has 1 aromatic carbocycles. The molecule has 3 aromatic heterocycles. The molecular weight excluding hydrogens is 729 g/mol. The van der Waals surface area contributed by atoms with Crippen LogP contribution in [0.1, 0.15) is 99.4 Å². The lowest BCUT2D eigenvalue weighted by atomic mass is 9.95. The zero-order valence-corrected chi connectivity index (χ0v) is 32.2. The molecule has 57 heavy (non-hydrogen) atoms. The molecule has 4 fully saturated rings. The largest absolute Gasteiger partial charge is 0.456 e. The molecular formula is C42H48N8O7. The summed E-state index contributed by atoms with van der Waals surface area (Å²) in [5, 5.41) is 6.51. The molecule has 9 rings (SSSR count). The Morgan fingerprint density at radius 3 is 1.82 bits per heavy atom. The number of ether oxygens (including phenoxy) is 2. The van der Waals surface area contributed by atoms with Gasteiger partial charge in [-0.1, -0.05) is 12.2 Å². The number of aromatic amines is 2. The van der Waals surface area contributed by atoms with Crippen molar-refractivity contribution in [3.63, 3.8) is 0 Å². The first-order chi connectivity index (χ1) is 27.8. The number of aromatic nitrogens is 4. The molecule has 4 aromatic rings. The number of amides is 4. The van der Waals surface area contributed by atoms with E-state index in [4.69, 9.17) is 23.9 Å². The van der Waals surface area contributed by atoms with E-state index in [-0.39, 0.29) is 35.7 Å². The molecule has 0 bridgehead atoms. The van der Waals surface area contributed by atoms with Crippen molar-refractivity contribution < 1.29 is 33.1 Å². The highest BCUT2D eigenvalue weighted by Gasteiger charge is 2.44. The third-order valence-corrected chi connectivity index (χ3v) is 12.2. The summed E-state index contributed by atoms with van der Waals surface area (Å²) in [5.74, 6) is 2.46. The van der Waals surface area contributed by atoms with Crippen LogP contribution < -0.4 is 10.6 Å². The Balaban J connectivity index is 0.869. The van der Waals surface area contributed by atoms with Gasteiger partial charge < -0.3 is 44.3 Å². The van der Waals surface area contributed by atoms with Gasteiger partial charge in [0, 0.05) is 24.0 Å². The van der Waals surface area contributed by atoms with E-state index in [1.54, 1.807) is 0 Å². The van der Waals surface area contributed by atoms with Gasteiger partial charge >= 0.3 is 12.2 Å². The van der Waals surface area contributed by atoms with Crippen LogP contribution in [-0.4, -0.2) is 93.1 Å². The molecule has 15 heteroatoms. The molecule has 3 aliphatic carbocycles. The molecule has 2 saturated heterocycles. The van der Waals surface area contributed by atoms with Crippen LogP contribution in [0.2, 0.25) is 0 Å². The van der Waals surface area contributed by atoms with E-state index < -0.39 is 24.3 Å². The minimum absolute atomic E-state index is 0.0710. The van der Waals surface area contributed by atoms with E-state index in [0.29, 0.717) is 13.1 Å². The second-order valence-corrected chi connectivity index (χ2v) is 15.9. The fraction of sp³-hybridized carbons (Fsp3) is 0.476. The Hall–Kier alpha value is -5.86. The third kappa shape index (κ3) is 7.42. The molecule has 4 atom stereocenters. The summed E-state index contributed by atoms with van der Waals surface area (Å²) in [6.07, 6.45) is 15.3. The average Bonchev–Trinajstić information content (AvgIpc) is 3.82. The Morgan fingerprint density at radius 1 is 0.737 bits per heavy atom. The molecule has 2 aliphatic heterocycles. The van der Waals surface area contributed by atoms with Gasteiger partial charge in [0.05, 0.1) is 50.1 Å². The number of furan rings is 1. The molecule has 5 heterocycles. The molecule has 2 unspecified atom stereocenters. The van der Waals surface area contributed by atoms with Gasteiger partial charge in [0.2, 0.25) is 11.8 Å². The SMILES string of the molecule is COC(=O)NC(C(=O)N1CCC[C@H]1c1ncc(C2=CC=C(c3cc4cc(-c5cnc([C@@H]6CCCN6C(=O)C(NC(=O)OC)C6CC6)[nH]5)ccc4o3)CC2)[nH]1)C1CC1. The fourth-order valence-corrected chi connectivity index (χ4v) is 8.74. The third-order valence-electron chi connectivity index (χ3n) is 12.2. The molecule has 0 radical (unpaired) electrons. The zero-order valence-electron chi connectivity index (χ0n) is 32.2. The van der Waals surface area contributed by atoms with Gasteiger partial charge in [0.15, 0.2) is 0 Å². The monoisotopic (exact) mass is 776 g/mol. The van der Waals surface area contributed by atoms with Crippen molar-refractivity contribution in [2.45, 2.75) is 88.4 Å². The molecule has 298 valence electrons. The Bertz CT molecular complexity index is 2260. The standard InChI is InChI=1S/C42H48N8O7/c1-55-41(53)47-35(25-11-12-25)39(51)49-17-3-5-31(49)37-43-21-29(45-37)23-7-9-24(10-8-23)34-20-28-19-27(15-16-33(28)57-34)30-22-44-38(46-30)32-6-4-18-50(32)40(52)36(26-13-14-26)48-42(54)56-2/h7,9,15-16,19-22,25-26,31-32,35-36H,3-6,8,10-14,17-18H2,1-2H3,(H,43,45)(H,44,46)(H,47,53)(H,48,54)/t31-,32-,35?,36?/m0/s1. The molecule has 4 N–H and O–H groups in total. The first-order valence-electron chi connectivity index (χ1n) is 20.1. The second kappa shape index (κ2) is 15.2. The smallest absolute Gasteiger partial charge is 0.407 e. The molecule has 15 nitrogen and oxygen atoms in total. The van der Waals surface area contributed by atoms with Crippen molar-refractivity contribution in [3.8, 4) is 11.3 Å². The summed E-state index contributed by atoms with van der Waals surface area (Å²) in [6, 6.07) is 6.64. The van der Waals surface area contributed by atoms with E-state index in [1.807, 2.05) is 34.3 Å². The number of hydrogen-bond acceptors (Lipinski definition) is 9. The molecule has 2 saturated carbocycles. The molecule has 4 amide bonds. The van der Waals surface area contributed by atoms with Crippen molar-refractivity contribution in [1.29, 1.82) is 0 Å². The lowest BCUT2D eigenvalue weighted by Gasteiger charge is -2.28. The normalized spacial score (nSPS) is 21.9. The maximum Gasteiger partial charge on any atom is 0.407 e. The van der Waals surface area contributed by atoms with Crippen molar-refractivity contribution in [1.82, 2.24) is 40.4 Å². The topological polar surface area (TPSA) is 188 Å². The number of fused-ring (bicyclic) bond motifs is 1. The van der Waals surface area contributed by atoms with Gasteiger partial charge in [-0.05, 0) is 111 Å². The highest BCUT2D eigenvalue weighted by Crippen LogP contribution is 2.40. The van der Waals surface area contributed by atoms with Gasteiger partial charge in [-0.3, -0.25) is 9.59 Å². The number of methoxy groups -OCH3 is 2. The van der Waals surface area contributed by atoms with Crippen LogP contribution >= 0.6 is 0 Å². The van der Waals surface area contributed by atoms with Crippen LogP contribution in [0.5, 0.6) is 0 Å². The maximum absolute atomic E-state index is 13.6. The summed E-state index contributed by atoms with van der Waals surface area (Å²) in [5.41, 5.74) is 5.79. The number of benzene rings is 1. The number of imidazole rings is 2. The maximum atomic E-state index is 13.6. The number of likely N-dealkylation sites (tertiary alicyclic amines) is 2. The Labute approximate surface area is 329 Å². The van der Waals surface area contributed by atoms with Gasteiger partial charge in [-0.2, -0.15) is 0 Å². The molecule has 5 aliphatic rings. The van der Waals surface area contributed by atoms with Crippen LogP contribution in [0.3, 0.4) is 0 Å². The highest BCUT2D eigenvalue weighted by molar-refractivity contribution is 5.89. The van der Waals surface area contributed by atoms with Crippen molar-refractivity contribution in [2.75, 3.05) is 27.3 Å². The van der Waals surface area contributed by atoms with E-state index in [2.05, 4.69) is 44.9 Å². The number of nitrogens with one attached hydrogen (secondary N) is 4. The van der Waals surface area contributed by atoms with Gasteiger partial charge in [-0.25, -0.2) is 19.6 Å². The van der Waals surface area contributed by atoms with Gasteiger partial charge in [0.25, 0.3) is 0 Å². The van der Waals surface area contributed by atoms with Crippen LogP contribution in [0.4, 0.5) is 9.59 Å². The number of carbonyl (C=O) groups is 4. The number of hydrogen-bond donors (Lipinski definition) is 4. The van der Waals surface area contributed by atoms with Crippen LogP contribution in [0.15, 0.2) is 53.2 Å². The minimum atomic E-state index is -0.586.